The van der Waals surface area contributed by atoms with Gasteiger partial charge < -0.3 is 16.0 Å². The Morgan fingerprint density at radius 2 is 2.16 bits per heavy atom. The highest BCUT2D eigenvalue weighted by Crippen LogP contribution is 2.29. The van der Waals surface area contributed by atoms with Crippen molar-refractivity contribution in [2.24, 2.45) is 5.73 Å². The van der Waals surface area contributed by atoms with Gasteiger partial charge in [-0.05, 0) is 30.0 Å². The molecule has 2 unspecified atom stereocenters. The molecule has 2 atom stereocenters. The molecule has 3 amide bonds. The third-order valence-corrected chi connectivity index (χ3v) is 5.04. The van der Waals surface area contributed by atoms with Gasteiger partial charge in [-0.15, -0.1) is 0 Å². The van der Waals surface area contributed by atoms with Gasteiger partial charge in [-0.3, -0.25) is 19.7 Å². The first-order chi connectivity index (χ1) is 12.0. The number of rotatable bonds is 6. The van der Waals surface area contributed by atoms with Crippen molar-refractivity contribution in [3.8, 4) is 0 Å². The molecule has 134 valence electrons. The molecule has 1 aromatic carbocycles. The van der Waals surface area contributed by atoms with Crippen LogP contribution in [-0.2, 0) is 22.7 Å². The van der Waals surface area contributed by atoms with Crippen LogP contribution in [0, 0.1) is 0 Å². The van der Waals surface area contributed by atoms with E-state index >= 15 is 0 Å². The van der Waals surface area contributed by atoms with Crippen LogP contribution in [-0.4, -0.2) is 41.2 Å². The van der Waals surface area contributed by atoms with Crippen LogP contribution in [0.4, 0.5) is 0 Å². The Labute approximate surface area is 146 Å². The van der Waals surface area contributed by atoms with Gasteiger partial charge in [0, 0.05) is 37.7 Å². The van der Waals surface area contributed by atoms with Gasteiger partial charge in [0.1, 0.15) is 6.04 Å². The number of nitrogens with zero attached hydrogens (tertiary/aromatic N) is 1. The summed E-state index contributed by atoms with van der Waals surface area (Å²) in [7, 11) is 0. The minimum Gasteiger partial charge on any atom is -0.329 e. The average Bonchev–Trinajstić information content (AvgIpc) is 2.93. The van der Waals surface area contributed by atoms with Crippen LogP contribution in [0.25, 0.3) is 0 Å². The van der Waals surface area contributed by atoms with E-state index in [2.05, 4.69) is 17.6 Å². The molecule has 25 heavy (non-hydrogen) atoms. The van der Waals surface area contributed by atoms with Crippen LogP contribution >= 0.6 is 0 Å². The number of amides is 3. The van der Waals surface area contributed by atoms with E-state index in [-0.39, 0.29) is 30.2 Å². The van der Waals surface area contributed by atoms with E-state index in [0.29, 0.717) is 31.6 Å². The second-order valence-electron chi connectivity index (χ2n) is 6.56. The Morgan fingerprint density at radius 3 is 2.84 bits per heavy atom. The van der Waals surface area contributed by atoms with Crippen LogP contribution in [0.1, 0.15) is 47.7 Å². The number of benzene rings is 1. The molecule has 7 nitrogen and oxygen atoms in total. The molecule has 0 saturated carbocycles. The van der Waals surface area contributed by atoms with Gasteiger partial charge in [0.25, 0.3) is 5.91 Å². The van der Waals surface area contributed by atoms with E-state index in [1.807, 2.05) is 12.1 Å². The number of nitrogens with two attached hydrogens (primary N) is 1. The van der Waals surface area contributed by atoms with E-state index in [4.69, 9.17) is 5.73 Å². The topological polar surface area (TPSA) is 105 Å². The van der Waals surface area contributed by atoms with Gasteiger partial charge in [0.2, 0.25) is 11.8 Å². The number of hydrogen-bond donors (Lipinski definition) is 3. The fourth-order valence-electron chi connectivity index (χ4n) is 3.46. The monoisotopic (exact) mass is 344 g/mol. The summed E-state index contributed by atoms with van der Waals surface area (Å²) in [6.45, 7) is 3.67. The molecular weight excluding hydrogens is 320 g/mol. The largest absolute Gasteiger partial charge is 0.329 e. The van der Waals surface area contributed by atoms with E-state index in [9.17, 15) is 14.4 Å². The van der Waals surface area contributed by atoms with Crippen molar-refractivity contribution >= 4 is 17.7 Å². The first kappa shape index (κ1) is 17.6. The Kier molecular flexibility index (Phi) is 5.15. The van der Waals surface area contributed by atoms with Crippen LogP contribution in [0.5, 0.6) is 0 Å². The summed E-state index contributed by atoms with van der Waals surface area (Å²) in [5, 5.41) is 5.74. The molecule has 3 rings (SSSR count). The Morgan fingerprint density at radius 1 is 1.36 bits per heavy atom. The zero-order chi connectivity index (χ0) is 18.0. The predicted octanol–water partition coefficient (Wildman–Crippen LogP) is 0.275. The summed E-state index contributed by atoms with van der Waals surface area (Å²) in [5.74, 6) is -0.800. The molecule has 0 radical (unpaired) electrons. The molecule has 1 aromatic rings. The van der Waals surface area contributed by atoms with Crippen LogP contribution < -0.4 is 16.4 Å². The average molecular weight is 344 g/mol. The summed E-state index contributed by atoms with van der Waals surface area (Å²) in [6, 6.07) is 5.32. The van der Waals surface area contributed by atoms with Gasteiger partial charge in [0.05, 0.1) is 0 Å². The molecule has 0 bridgehead atoms. The Bertz CT molecular complexity index is 700. The van der Waals surface area contributed by atoms with Gasteiger partial charge in [-0.1, -0.05) is 19.1 Å². The van der Waals surface area contributed by atoms with Gasteiger partial charge in [-0.2, -0.15) is 0 Å². The van der Waals surface area contributed by atoms with Crippen molar-refractivity contribution in [1.29, 1.82) is 0 Å². The van der Waals surface area contributed by atoms with E-state index in [1.54, 1.807) is 11.0 Å². The van der Waals surface area contributed by atoms with E-state index in [0.717, 1.165) is 17.5 Å². The number of piperidine rings is 1. The van der Waals surface area contributed by atoms with Crippen LogP contribution in [0.3, 0.4) is 0 Å². The summed E-state index contributed by atoms with van der Waals surface area (Å²) < 4.78 is 0. The Hall–Kier alpha value is -2.25. The third-order valence-electron chi connectivity index (χ3n) is 5.04. The predicted molar refractivity (Wildman–Crippen MR) is 92.5 cm³/mol. The molecular formula is C18H24N4O3. The number of carbonyl (C=O) groups is 3. The lowest BCUT2D eigenvalue weighted by molar-refractivity contribution is -0.136. The number of hydrogen-bond acceptors (Lipinski definition) is 5. The first-order valence-electron chi connectivity index (χ1n) is 8.74. The molecule has 2 aliphatic rings. The van der Waals surface area contributed by atoms with Crippen molar-refractivity contribution in [2.75, 3.05) is 6.54 Å². The zero-order valence-corrected chi connectivity index (χ0v) is 14.4. The summed E-state index contributed by atoms with van der Waals surface area (Å²) in [6.07, 6.45) is 1.58. The molecule has 0 aromatic heterocycles. The highest BCUT2D eigenvalue weighted by molar-refractivity contribution is 6.05. The zero-order valence-electron chi connectivity index (χ0n) is 14.4. The maximum Gasteiger partial charge on any atom is 0.255 e. The lowest BCUT2D eigenvalue weighted by atomic mass is 10.0. The molecule has 0 spiro atoms. The normalized spacial score (nSPS) is 21.3. The second kappa shape index (κ2) is 7.33. The minimum absolute atomic E-state index is 0.141. The van der Waals surface area contributed by atoms with Crippen molar-refractivity contribution in [1.82, 2.24) is 15.5 Å². The smallest absolute Gasteiger partial charge is 0.255 e. The number of imide groups is 1. The van der Waals surface area contributed by atoms with Crippen molar-refractivity contribution < 1.29 is 14.4 Å². The van der Waals surface area contributed by atoms with E-state index in [1.165, 1.54) is 0 Å². The van der Waals surface area contributed by atoms with E-state index < -0.39 is 6.04 Å². The fourth-order valence-corrected chi connectivity index (χ4v) is 3.46. The lowest BCUT2D eigenvalue weighted by Gasteiger charge is -2.29. The SMILES string of the molecule is CCC(CN)NCc1cccc2c1CN(C1CCC(=O)NC1=O)C2=O. The summed E-state index contributed by atoms with van der Waals surface area (Å²) in [5.41, 5.74) is 8.38. The third kappa shape index (κ3) is 3.43. The summed E-state index contributed by atoms with van der Waals surface area (Å²) >= 11 is 0. The first-order valence-corrected chi connectivity index (χ1v) is 8.74. The lowest BCUT2D eigenvalue weighted by Crippen LogP contribution is -2.52. The molecule has 4 N–H and O–H groups in total. The van der Waals surface area contributed by atoms with Gasteiger partial charge >= 0.3 is 0 Å². The Balaban J connectivity index is 1.78. The highest BCUT2D eigenvalue weighted by Gasteiger charge is 2.39. The van der Waals surface area contributed by atoms with Crippen molar-refractivity contribution in [3.63, 3.8) is 0 Å². The molecule has 2 heterocycles. The summed E-state index contributed by atoms with van der Waals surface area (Å²) in [4.78, 5) is 37.8. The standard InChI is InChI=1S/C18H24N4O3/c1-2-12(8-19)20-9-11-4-3-5-13-14(11)10-22(18(13)25)15-6-7-16(23)21-17(15)24/h3-5,12,15,20H,2,6-10,19H2,1H3,(H,21,23,24). The van der Waals surface area contributed by atoms with Crippen LogP contribution in [0.2, 0.25) is 0 Å². The van der Waals surface area contributed by atoms with Gasteiger partial charge in [-0.25, -0.2) is 0 Å². The molecule has 1 saturated heterocycles. The highest BCUT2D eigenvalue weighted by atomic mass is 16.2. The number of nitrogens with one attached hydrogen (secondary N) is 2. The second-order valence-corrected chi connectivity index (χ2v) is 6.56. The molecule has 2 aliphatic heterocycles. The van der Waals surface area contributed by atoms with Crippen LogP contribution in [0.15, 0.2) is 18.2 Å². The molecule has 0 aliphatic carbocycles. The maximum absolute atomic E-state index is 12.7. The molecule has 1 fully saturated rings. The number of carbonyl (C=O) groups excluding carboxylic acids is 3. The van der Waals surface area contributed by atoms with Gasteiger partial charge in [0.15, 0.2) is 0 Å². The number of fused-ring (bicyclic) bond motifs is 1. The van der Waals surface area contributed by atoms with Crippen molar-refractivity contribution in [2.45, 2.75) is 51.4 Å². The van der Waals surface area contributed by atoms with Crippen molar-refractivity contribution in [3.05, 3.63) is 34.9 Å². The fraction of sp³-hybridized carbons (Fsp3) is 0.500. The minimum atomic E-state index is -0.578. The maximum atomic E-state index is 12.7. The quantitative estimate of drug-likeness (QED) is 0.643. The molecule has 7 heteroatoms.